The number of nitrogens with zero attached hydrogens (tertiary/aromatic N) is 4. The Kier molecular flexibility index (Phi) is 7.28. The van der Waals surface area contributed by atoms with Crippen molar-refractivity contribution in [2.75, 3.05) is 19.6 Å². The third kappa shape index (κ3) is 4.98. The first-order valence-corrected chi connectivity index (χ1v) is 15.4. The molecule has 6 heteroatoms. The third-order valence-corrected chi connectivity index (χ3v) is 10.2. The van der Waals surface area contributed by atoms with Crippen LogP contribution in [-0.2, 0) is 16.8 Å². The summed E-state index contributed by atoms with van der Waals surface area (Å²) < 4.78 is 2.52. The van der Waals surface area contributed by atoms with Gasteiger partial charge < -0.3 is 14.6 Å². The van der Waals surface area contributed by atoms with Gasteiger partial charge in [-0.1, -0.05) is 57.2 Å². The molecule has 2 bridgehead atoms. The number of aromatic nitrogens is 2. The molecule has 0 aliphatic carbocycles. The zero-order valence-electron chi connectivity index (χ0n) is 24.8. The molecule has 0 saturated carbocycles. The molecule has 0 unspecified atom stereocenters. The predicted molar refractivity (Wildman–Crippen MR) is 160 cm³/mol. The highest BCUT2D eigenvalue weighted by molar-refractivity contribution is 5.81. The second-order valence-corrected chi connectivity index (χ2v) is 13.7. The van der Waals surface area contributed by atoms with Gasteiger partial charge in [0.1, 0.15) is 5.82 Å². The zero-order valence-corrected chi connectivity index (χ0v) is 24.8. The number of hydrogen-bond acceptors (Lipinski definition) is 4. The standard InChI is InChI=1S/C34H46N4O2/c1-24-35-30-10-5-6-11-31(30)38(24)29-21-27-12-13-28(22-29)37(27)19-16-34(26-9-7-8-25(20-26)23-39)14-17-36(18-15-34)32(40)33(2,3)4/h5-11,20,27-29,39H,12-19,21-23H2,1-4H3/t27-,28+,29+. The average molecular weight is 543 g/mol. The normalized spacial score (nSPS) is 25.0. The lowest BCUT2D eigenvalue weighted by molar-refractivity contribution is -0.141. The van der Waals surface area contributed by atoms with E-state index in [1.165, 1.54) is 36.8 Å². The molecule has 3 atom stereocenters. The number of imidazole rings is 1. The largest absolute Gasteiger partial charge is 0.392 e. The van der Waals surface area contributed by atoms with Crippen LogP contribution < -0.4 is 0 Å². The maximum atomic E-state index is 13.1. The summed E-state index contributed by atoms with van der Waals surface area (Å²) in [6, 6.07) is 18.9. The molecule has 40 heavy (non-hydrogen) atoms. The monoisotopic (exact) mass is 542 g/mol. The zero-order chi connectivity index (χ0) is 28.1. The van der Waals surface area contributed by atoms with Crippen molar-refractivity contribution in [3.63, 3.8) is 0 Å². The molecule has 3 fully saturated rings. The van der Waals surface area contributed by atoms with Gasteiger partial charge >= 0.3 is 0 Å². The summed E-state index contributed by atoms with van der Waals surface area (Å²) >= 11 is 0. The van der Waals surface area contributed by atoms with Crippen molar-refractivity contribution >= 4 is 16.9 Å². The summed E-state index contributed by atoms with van der Waals surface area (Å²) in [5.41, 5.74) is 4.39. The first-order valence-electron chi connectivity index (χ1n) is 15.4. The van der Waals surface area contributed by atoms with Gasteiger partial charge in [-0.15, -0.1) is 0 Å². The van der Waals surface area contributed by atoms with Crippen LogP contribution in [0.4, 0.5) is 0 Å². The number of rotatable bonds is 6. The van der Waals surface area contributed by atoms with Crippen LogP contribution in [-0.4, -0.2) is 62.1 Å². The molecule has 3 aromatic rings. The number of amides is 1. The quantitative estimate of drug-likeness (QED) is 0.415. The van der Waals surface area contributed by atoms with Crippen LogP contribution in [0, 0.1) is 12.3 Å². The Morgan fingerprint density at radius 1 is 1.00 bits per heavy atom. The molecule has 6 nitrogen and oxygen atoms in total. The number of piperidine rings is 2. The van der Waals surface area contributed by atoms with Gasteiger partial charge in [0.15, 0.2) is 0 Å². The van der Waals surface area contributed by atoms with Gasteiger partial charge in [0, 0.05) is 36.6 Å². The Morgan fingerprint density at radius 2 is 1.70 bits per heavy atom. The highest BCUT2D eigenvalue weighted by Gasteiger charge is 2.44. The van der Waals surface area contributed by atoms with E-state index in [4.69, 9.17) is 4.98 Å². The smallest absolute Gasteiger partial charge is 0.227 e. The molecule has 0 radical (unpaired) electrons. The van der Waals surface area contributed by atoms with Crippen LogP contribution in [0.15, 0.2) is 48.5 Å². The first kappa shape index (κ1) is 27.5. The van der Waals surface area contributed by atoms with Gasteiger partial charge in [-0.05, 0) is 87.1 Å². The Hall–Kier alpha value is -2.70. The molecule has 4 heterocycles. The van der Waals surface area contributed by atoms with E-state index in [1.54, 1.807) is 0 Å². The second kappa shape index (κ2) is 10.6. The molecule has 3 aliphatic rings. The summed E-state index contributed by atoms with van der Waals surface area (Å²) in [6.07, 6.45) is 8.02. The molecule has 1 amide bonds. The van der Waals surface area contributed by atoms with Crippen molar-refractivity contribution in [2.45, 2.75) is 103 Å². The van der Waals surface area contributed by atoms with E-state index in [1.807, 2.05) is 26.8 Å². The van der Waals surface area contributed by atoms with Gasteiger partial charge in [-0.2, -0.15) is 0 Å². The minimum atomic E-state index is -0.348. The topological polar surface area (TPSA) is 61.6 Å². The van der Waals surface area contributed by atoms with E-state index in [9.17, 15) is 9.90 Å². The van der Waals surface area contributed by atoms with Crippen molar-refractivity contribution in [3.8, 4) is 0 Å². The van der Waals surface area contributed by atoms with Crippen LogP contribution in [0.5, 0.6) is 0 Å². The van der Waals surface area contributed by atoms with E-state index in [-0.39, 0.29) is 23.3 Å². The average Bonchev–Trinajstić information content (AvgIpc) is 3.41. The van der Waals surface area contributed by atoms with Gasteiger partial charge in [0.2, 0.25) is 5.91 Å². The number of para-hydroxylation sites is 2. The fourth-order valence-electron chi connectivity index (χ4n) is 8.09. The number of aryl methyl sites for hydroxylation is 1. The molecule has 6 rings (SSSR count). The molecule has 214 valence electrons. The number of carbonyl (C=O) groups excluding carboxylic acids is 1. The summed E-state index contributed by atoms with van der Waals surface area (Å²) in [5, 5.41) is 9.88. The van der Waals surface area contributed by atoms with Crippen molar-refractivity contribution in [1.82, 2.24) is 19.4 Å². The number of aliphatic hydroxyl groups is 1. The Bertz CT molecular complexity index is 1350. The lowest BCUT2D eigenvalue weighted by atomic mass is 9.69. The highest BCUT2D eigenvalue weighted by atomic mass is 16.3. The third-order valence-electron chi connectivity index (χ3n) is 10.2. The fraction of sp³-hybridized carbons (Fsp3) is 0.588. The van der Waals surface area contributed by atoms with Gasteiger partial charge in [-0.25, -0.2) is 4.98 Å². The van der Waals surface area contributed by atoms with Crippen LogP contribution in [0.3, 0.4) is 0 Å². The lowest BCUT2D eigenvalue weighted by Gasteiger charge is -2.46. The maximum Gasteiger partial charge on any atom is 0.227 e. The molecular weight excluding hydrogens is 496 g/mol. The van der Waals surface area contributed by atoms with Gasteiger partial charge in [-0.3, -0.25) is 9.69 Å². The molecule has 3 saturated heterocycles. The number of fused-ring (bicyclic) bond motifs is 3. The Morgan fingerprint density at radius 3 is 2.38 bits per heavy atom. The Labute approximate surface area is 239 Å². The van der Waals surface area contributed by atoms with E-state index in [0.717, 1.165) is 55.8 Å². The van der Waals surface area contributed by atoms with E-state index in [0.29, 0.717) is 18.1 Å². The van der Waals surface area contributed by atoms with Crippen molar-refractivity contribution in [1.29, 1.82) is 0 Å². The number of carbonyl (C=O) groups is 1. The Balaban J connectivity index is 1.20. The molecule has 1 N–H and O–H groups in total. The number of aliphatic hydroxyl groups excluding tert-OH is 1. The van der Waals surface area contributed by atoms with Crippen LogP contribution in [0.2, 0.25) is 0 Å². The van der Waals surface area contributed by atoms with Crippen molar-refractivity contribution < 1.29 is 9.90 Å². The van der Waals surface area contributed by atoms with Gasteiger partial charge in [0.05, 0.1) is 17.6 Å². The first-order chi connectivity index (χ1) is 19.2. The second-order valence-electron chi connectivity index (χ2n) is 13.7. The van der Waals surface area contributed by atoms with Gasteiger partial charge in [0.25, 0.3) is 0 Å². The van der Waals surface area contributed by atoms with E-state index >= 15 is 0 Å². The van der Waals surface area contributed by atoms with Crippen LogP contribution >= 0.6 is 0 Å². The minimum absolute atomic E-state index is 0.0350. The number of benzene rings is 2. The highest BCUT2D eigenvalue weighted by Crippen LogP contribution is 2.45. The van der Waals surface area contributed by atoms with E-state index < -0.39 is 0 Å². The molecule has 1 aromatic heterocycles. The summed E-state index contributed by atoms with van der Waals surface area (Å²) in [4.78, 5) is 22.9. The SMILES string of the molecule is Cc1nc2ccccc2n1[C@H]1C[C@H]2CC[C@@H](C1)N2CCC1(c2cccc(CO)c2)CCN(C(=O)C(C)(C)C)CC1. The molecule has 0 spiro atoms. The minimum Gasteiger partial charge on any atom is -0.392 e. The molecular formula is C34H46N4O2. The number of hydrogen-bond donors (Lipinski definition) is 1. The molecule has 2 aromatic carbocycles. The van der Waals surface area contributed by atoms with Crippen LogP contribution in [0.1, 0.15) is 88.7 Å². The maximum absolute atomic E-state index is 13.1. The van der Waals surface area contributed by atoms with Crippen molar-refractivity contribution in [3.05, 3.63) is 65.5 Å². The lowest BCUT2D eigenvalue weighted by Crippen LogP contribution is -2.50. The summed E-state index contributed by atoms with van der Waals surface area (Å²) in [7, 11) is 0. The summed E-state index contributed by atoms with van der Waals surface area (Å²) in [6.45, 7) is 11.0. The predicted octanol–water partition coefficient (Wildman–Crippen LogP) is 6.00. The molecule has 3 aliphatic heterocycles. The van der Waals surface area contributed by atoms with Crippen LogP contribution in [0.25, 0.3) is 11.0 Å². The fourth-order valence-corrected chi connectivity index (χ4v) is 8.09. The van der Waals surface area contributed by atoms with E-state index in [2.05, 4.69) is 63.8 Å². The summed E-state index contributed by atoms with van der Waals surface area (Å²) in [5.74, 6) is 1.39. The number of likely N-dealkylation sites (tertiary alicyclic amines) is 1. The van der Waals surface area contributed by atoms with Crippen molar-refractivity contribution in [2.24, 2.45) is 5.41 Å².